The summed E-state index contributed by atoms with van der Waals surface area (Å²) in [7, 11) is 0. The van der Waals surface area contributed by atoms with E-state index >= 15 is 0 Å². The van der Waals surface area contributed by atoms with Crippen molar-refractivity contribution in [3.05, 3.63) is 18.7 Å². The summed E-state index contributed by atoms with van der Waals surface area (Å²) in [6.07, 6.45) is 10.7. The molecular formula is C17H30BrN3O2. The van der Waals surface area contributed by atoms with Gasteiger partial charge in [-0.05, 0) is 40.0 Å². The second kappa shape index (κ2) is 8.71. The Morgan fingerprint density at radius 2 is 2.13 bits per heavy atom. The highest BCUT2D eigenvalue weighted by atomic mass is 79.9. The molecule has 1 atom stereocenters. The van der Waals surface area contributed by atoms with E-state index in [0.29, 0.717) is 0 Å². The van der Waals surface area contributed by atoms with E-state index in [2.05, 4.69) is 34.8 Å². The summed E-state index contributed by atoms with van der Waals surface area (Å²) in [6.45, 7) is 10.7. The first-order chi connectivity index (χ1) is 10.4. The number of unbranched alkanes of at least 4 members (excludes halogenated alkanes) is 1. The molecule has 2 rings (SSSR count). The van der Waals surface area contributed by atoms with Crippen LogP contribution in [0.3, 0.4) is 0 Å². The third kappa shape index (κ3) is 6.16. The smallest absolute Gasteiger partial charge is 0.410 e. The highest BCUT2D eigenvalue weighted by molar-refractivity contribution is 5.68. The van der Waals surface area contributed by atoms with E-state index in [9.17, 15) is 4.79 Å². The molecule has 0 saturated carbocycles. The first kappa shape index (κ1) is 20.0. The Kier molecular flexibility index (Phi) is 7.58. The highest BCUT2D eigenvalue weighted by Gasteiger charge is 2.33. The maximum Gasteiger partial charge on any atom is 0.410 e. The molecule has 1 amide bonds. The van der Waals surface area contributed by atoms with Crippen LogP contribution in [0.5, 0.6) is 0 Å². The van der Waals surface area contributed by atoms with Crippen molar-refractivity contribution in [2.75, 3.05) is 6.54 Å². The quantitative estimate of drug-likeness (QED) is 0.665. The SMILES string of the molecule is CCCCn1cc[n+](C[C@@H]2CCCN2C(=O)OC(C)(C)C)c1.[Br-]. The lowest BCUT2D eigenvalue weighted by atomic mass is 10.2. The molecule has 1 aliphatic heterocycles. The summed E-state index contributed by atoms with van der Waals surface area (Å²) < 4.78 is 9.92. The van der Waals surface area contributed by atoms with Gasteiger partial charge in [0.1, 0.15) is 24.5 Å². The van der Waals surface area contributed by atoms with E-state index < -0.39 is 5.60 Å². The normalized spacial score (nSPS) is 17.9. The molecule has 0 aliphatic carbocycles. The average Bonchev–Trinajstić information content (AvgIpc) is 3.04. The van der Waals surface area contributed by atoms with Crippen molar-refractivity contribution >= 4 is 6.09 Å². The van der Waals surface area contributed by atoms with Gasteiger partial charge in [0, 0.05) is 6.54 Å². The van der Waals surface area contributed by atoms with E-state index in [4.69, 9.17) is 4.74 Å². The molecule has 0 N–H and O–H groups in total. The van der Waals surface area contributed by atoms with Crippen LogP contribution in [0.15, 0.2) is 18.7 Å². The molecule has 0 unspecified atom stereocenters. The van der Waals surface area contributed by atoms with E-state index in [1.54, 1.807) is 0 Å². The second-order valence-corrected chi connectivity index (χ2v) is 7.17. The maximum absolute atomic E-state index is 12.3. The van der Waals surface area contributed by atoms with Gasteiger partial charge < -0.3 is 26.6 Å². The van der Waals surface area contributed by atoms with Crippen molar-refractivity contribution in [3.63, 3.8) is 0 Å². The molecule has 5 nitrogen and oxygen atoms in total. The van der Waals surface area contributed by atoms with Crippen molar-refractivity contribution in [3.8, 4) is 0 Å². The van der Waals surface area contributed by atoms with Crippen LogP contribution in [0.4, 0.5) is 4.79 Å². The summed E-state index contributed by atoms with van der Waals surface area (Å²) in [5, 5.41) is 0. The van der Waals surface area contributed by atoms with Gasteiger partial charge in [-0.15, -0.1) is 0 Å². The van der Waals surface area contributed by atoms with E-state index in [1.165, 1.54) is 12.8 Å². The van der Waals surface area contributed by atoms with Gasteiger partial charge in [-0.2, -0.15) is 0 Å². The number of hydrogen-bond acceptors (Lipinski definition) is 2. The number of aryl methyl sites for hydroxylation is 1. The number of halogens is 1. The summed E-state index contributed by atoms with van der Waals surface area (Å²) >= 11 is 0. The number of carbonyl (C=O) groups is 1. The predicted octanol–water partition coefficient (Wildman–Crippen LogP) is -0.0208. The Morgan fingerprint density at radius 1 is 1.39 bits per heavy atom. The van der Waals surface area contributed by atoms with Crippen molar-refractivity contribution in [2.45, 2.75) is 78.1 Å². The lowest BCUT2D eigenvalue weighted by Crippen LogP contribution is -3.00. The lowest BCUT2D eigenvalue weighted by Gasteiger charge is -2.27. The largest absolute Gasteiger partial charge is 1.00 e. The van der Waals surface area contributed by atoms with Crippen molar-refractivity contribution in [1.82, 2.24) is 9.47 Å². The fourth-order valence-corrected chi connectivity index (χ4v) is 2.85. The molecule has 0 bridgehead atoms. The van der Waals surface area contributed by atoms with Crippen LogP contribution in [0.2, 0.25) is 0 Å². The first-order valence-electron chi connectivity index (χ1n) is 8.43. The zero-order valence-electron chi connectivity index (χ0n) is 14.8. The molecule has 0 spiro atoms. The standard InChI is InChI=1S/C17H30N3O2.BrH/c1-5-6-9-18-11-12-19(14-18)13-15-8-7-10-20(15)16(21)22-17(2,3)4;/h11-12,14-15H,5-10,13H2,1-4H3;1H/q+1;/p-1/t15-;/m0./s1. The summed E-state index contributed by atoms with van der Waals surface area (Å²) in [5.74, 6) is 0. The van der Waals surface area contributed by atoms with Crippen LogP contribution in [0.1, 0.15) is 53.4 Å². The Morgan fingerprint density at radius 3 is 2.78 bits per heavy atom. The average molecular weight is 388 g/mol. The van der Waals surface area contributed by atoms with Crippen LogP contribution >= 0.6 is 0 Å². The number of imidazole rings is 1. The molecule has 132 valence electrons. The van der Waals surface area contributed by atoms with Crippen LogP contribution in [-0.2, 0) is 17.8 Å². The van der Waals surface area contributed by atoms with Gasteiger partial charge >= 0.3 is 6.09 Å². The van der Waals surface area contributed by atoms with Gasteiger partial charge in [-0.25, -0.2) is 13.9 Å². The number of ether oxygens (including phenoxy) is 1. The number of carbonyl (C=O) groups excluding carboxylic acids is 1. The monoisotopic (exact) mass is 387 g/mol. The summed E-state index contributed by atoms with van der Waals surface area (Å²) in [5.41, 5.74) is -0.430. The van der Waals surface area contributed by atoms with Crippen LogP contribution < -0.4 is 21.5 Å². The van der Waals surface area contributed by atoms with E-state index in [-0.39, 0.29) is 29.1 Å². The zero-order chi connectivity index (χ0) is 16.2. The molecule has 0 radical (unpaired) electrons. The number of likely N-dealkylation sites (tertiary alicyclic amines) is 1. The van der Waals surface area contributed by atoms with E-state index in [1.807, 2.05) is 25.7 Å². The zero-order valence-corrected chi connectivity index (χ0v) is 16.4. The van der Waals surface area contributed by atoms with Crippen molar-refractivity contribution < 1.29 is 31.1 Å². The molecule has 1 aliphatic rings. The molecular weight excluding hydrogens is 358 g/mol. The third-order valence-corrected chi connectivity index (χ3v) is 3.94. The Hall–Kier alpha value is -1.04. The molecule has 2 heterocycles. The maximum atomic E-state index is 12.3. The van der Waals surface area contributed by atoms with Crippen molar-refractivity contribution in [1.29, 1.82) is 0 Å². The lowest BCUT2D eigenvalue weighted by molar-refractivity contribution is -0.700. The third-order valence-electron chi connectivity index (χ3n) is 3.94. The van der Waals surface area contributed by atoms with E-state index in [0.717, 1.165) is 32.5 Å². The van der Waals surface area contributed by atoms with Gasteiger partial charge in [0.05, 0.1) is 12.6 Å². The van der Waals surface area contributed by atoms with Gasteiger partial charge in [-0.3, -0.25) is 0 Å². The minimum absolute atomic E-state index is 0. The Labute approximate surface area is 150 Å². The van der Waals surface area contributed by atoms with Crippen LogP contribution in [0, 0.1) is 0 Å². The summed E-state index contributed by atoms with van der Waals surface area (Å²) in [6, 6.07) is 0.238. The van der Waals surface area contributed by atoms with Gasteiger partial charge in [-0.1, -0.05) is 13.3 Å². The van der Waals surface area contributed by atoms with Crippen molar-refractivity contribution in [2.24, 2.45) is 0 Å². The minimum Gasteiger partial charge on any atom is -1.00 e. The minimum atomic E-state index is -0.430. The summed E-state index contributed by atoms with van der Waals surface area (Å²) in [4.78, 5) is 14.2. The van der Waals surface area contributed by atoms with Gasteiger partial charge in [0.25, 0.3) is 0 Å². The number of hydrogen-bond donors (Lipinski definition) is 0. The number of aromatic nitrogens is 2. The molecule has 6 heteroatoms. The number of rotatable bonds is 5. The molecule has 0 aromatic carbocycles. The molecule has 1 saturated heterocycles. The van der Waals surface area contributed by atoms with Gasteiger partial charge in [0.2, 0.25) is 6.33 Å². The van der Waals surface area contributed by atoms with Crippen LogP contribution in [-0.4, -0.2) is 33.7 Å². The molecule has 1 aromatic rings. The molecule has 23 heavy (non-hydrogen) atoms. The van der Waals surface area contributed by atoms with Crippen LogP contribution in [0.25, 0.3) is 0 Å². The predicted molar refractivity (Wildman–Crippen MR) is 85.5 cm³/mol. The topological polar surface area (TPSA) is 38.3 Å². The van der Waals surface area contributed by atoms with Gasteiger partial charge in [0.15, 0.2) is 0 Å². The second-order valence-electron chi connectivity index (χ2n) is 7.17. The number of nitrogens with zero attached hydrogens (tertiary/aromatic N) is 3. The first-order valence-corrected chi connectivity index (χ1v) is 8.43. The fraction of sp³-hybridized carbons (Fsp3) is 0.765. The highest BCUT2D eigenvalue weighted by Crippen LogP contribution is 2.20. The Bertz CT molecular complexity index is 496. The Balaban J connectivity index is 0.00000264. The fourth-order valence-electron chi connectivity index (χ4n) is 2.85. The molecule has 1 aromatic heterocycles. The number of amides is 1. The molecule has 1 fully saturated rings.